The molecule has 198 valence electrons. The van der Waals surface area contributed by atoms with Gasteiger partial charge in [-0.3, -0.25) is 0 Å². The zero-order valence-electron chi connectivity index (χ0n) is 20.8. The van der Waals surface area contributed by atoms with Crippen LogP contribution in [0.3, 0.4) is 0 Å². The van der Waals surface area contributed by atoms with Crippen LogP contribution in [0.15, 0.2) is 40.9 Å². The van der Waals surface area contributed by atoms with Gasteiger partial charge in [0, 0.05) is 37.6 Å². The van der Waals surface area contributed by atoms with Crippen molar-refractivity contribution in [1.29, 1.82) is 0 Å². The first-order valence-corrected chi connectivity index (χ1v) is 11.8. The molecule has 1 aliphatic rings. The first kappa shape index (κ1) is 25.3. The maximum absolute atomic E-state index is 14.0. The average molecular weight is 528 g/mol. The van der Waals surface area contributed by atoms with Crippen molar-refractivity contribution in [3.63, 3.8) is 0 Å². The Morgan fingerprint density at radius 1 is 1.16 bits per heavy atom. The molecule has 12 heteroatoms. The van der Waals surface area contributed by atoms with Gasteiger partial charge in [-0.1, -0.05) is 6.07 Å². The van der Waals surface area contributed by atoms with Crippen LogP contribution in [-0.2, 0) is 21.7 Å². The summed E-state index contributed by atoms with van der Waals surface area (Å²) in [5.74, 6) is -3.71. The van der Waals surface area contributed by atoms with Gasteiger partial charge in [0.05, 0.1) is 25.5 Å². The van der Waals surface area contributed by atoms with Crippen LogP contribution >= 0.6 is 0 Å². The van der Waals surface area contributed by atoms with Gasteiger partial charge in [0.2, 0.25) is 0 Å². The Kier molecular flexibility index (Phi) is 6.55. The van der Waals surface area contributed by atoms with Crippen molar-refractivity contribution in [3.05, 3.63) is 65.7 Å². The molecule has 38 heavy (non-hydrogen) atoms. The fraction of sp³-hybridized carbons (Fsp3) is 0.308. The zero-order chi connectivity index (χ0) is 27.0. The third-order valence-corrected chi connectivity index (χ3v) is 6.22. The SMILES string of the molecule is CCOC(=O)[C@@]1(Oc2cc(F)c(F)c(F)c2)CCCn2c(-c3ccc(-c4cnc(C)o4)c(OC)c3)nnc21. The van der Waals surface area contributed by atoms with Gasteiger partial charge in [-0.05, 0) is 25.5 Å². The minimum Gasteiger partial charge on any atom is -0.496 e. The molecule has 0 fully saturated rings. The number of aryl methyl sites for hydroxylation is 1. The van der Waals surface area contributed by atoms with Crippen LogP contribution < -0.4 is 9.47 Å². The van der Waals surface area contributed by atoms with E-state index in [1.165, 1.54) is 7.11 Å². The first-order valence-electron chi connectivity index (χ1n) is 11.8. The van der Waals surface area contributed by atoms with Crippen molar-refractivity contribution in [2.45, 2.75) is 38.8 Å². The van der Waals surface area contributed by atoms with Gasteiger partial charge in [-0.25, -0.2) is 22.9 Å². The van der Waals surface area contributed by atoms with Crippen LogP contribution in [0.25, 0.3) is 22.7 Å². The summed E-state index contributed by atoms with van der Waals surface area (Å²) in [4.78, 5) is 17.4. The van der Waals surface area contributed by atoms with Gasteiger partial charge >= 0.3 is 5.97 Å². The second-order valence-corrected chi connectivity index (χ2v) is 8.61. The first-order chi connectivity index (χ1) is 18.3. The molecular formula is C26H23F3N4O5. The second-order valence-electron chi connectivity index (χ2n) is 8.61. The highest BCUT2D eigenvalue weighted by molar-refractivity contribution is 5.81. The van der Waals surface area contributed by atoms with Crippen molar-refractivity contribution in [3.8, 4) is 34.2 Å². The summed E-state index contributed by atoms with van der Waals surface area (Å²) in [5.41, 5.74) is -0.559. The number of hydrogen-bond acceptors (Lipinski definition) is 8. The molecule has 0 bridgehead atoms. The van der Waals surface area contributed by atoms with E-state index in [1.807, 2.05) is 0 Å². The molecular weight excluding hydrogens is 505 g/mol. The molecule has 0 unspecified atom stereocenters. The molecule has 0 amide bonds. The topological polar surface area (TPSA) is 102 Å². The van der Waals surface area contributed by atoms with Crippen molar-refractivity contribution in [2.24, 2.45) is 0 Å². The highest BCUT2D eigenvalue weighted by Gasteiger charge is 2.51. The minimum absolute atomic E-state index is 0.0247. The number of carbonyl (C=O) groups excluding carboxylic acids is 1. The van der Waals surface area contributed by atoms with Gasteiger partial charge in [0.15, 0.2) is 40.8 Å². The number of hydrogen-bond donors (Lipinski definition) is 0. The molecule has 0 aliphatic carbocycles. The van der Waals surface area contributed by atoms with Crippen LogP contribution in [0.1, 0.15) is 31.5 Å². The molecule has 1 atom stereocenters. The van der Waals surface area contributed by atoms with Crippen molar-refractivity contribution in [2.75, 3.05) is 13.7 Å². The van der Waals surface area contributed by atoms with E-state index in [0.717, 1.165) is 0 Å². The van der Waals surface area contributed by atoms with E-state index < -0.39 is 29.0 Å². The predicted molar refractivity (Wildman–Crippen MR) is 127 cm³/mol. The summed E-state index contributed by atoms with van der Waals surface area (Å²) in [5, 5.41) is 8.55. The molecule has 3 heterocycles. The van der Waals surface area contributed by atoms with Gasteiger partial charge in [-0.2, -0.15) is 0 Å². The number of rotatable bonds is 7. The van der Waals surface area contributed by atoms with E-state index in [-0.39, 0.29) is 24.6 Å². The fourth-order valence-corrected chi connectivity index (χ4v) is 4.52. The smallest absolute Gasteiger partial charge is 0.358 e. The second kappa shape index (κ2) is 9.84. The van der Waals surface area contributed by atoms with E-state index in [0.29, 0.717) is 59.5 Å². The van der Waals surface area contributed by atoms with E-state index >= 15 is 0 Å². The Morgan fingerprint density at radius 3 is 2.58 bits per heavy atom. The quantitative estimate of drug-likeness (QED) is 0.245. The molecule has 4 aromatic rings. The van der Waals surface area contributed by atoms with Crippen molar-refractivity contribution >= 4 is 5.97 Å². The fourth-order valence-electron chi connectivity index (χ4n) is 4.52. The van der Waals surface area contributed by atoms with Crippen LogP contribution in [-0.4, -0.2) is 39.4 Å². The summed E-state index contributed by atoms with van der Waals surface area (Å²) in [6, 6.07) is 6.67. The van der Waals surface area contributed by atoms with E-state index in [1.54, 1.807) is 42.8 Å². The van der Waals surface area contributed by atoms with Gasteiger partial charge in [0.1, 0.15) is 11.5 Å². The number of nitrogens with zero attached hydrogens (tertiary/aromatic N) is 4. The lowest BCUT2D eigenvalue weighted by Gasteiger charge is -2.34. The largest absolute Gasteiger partial charge is 0.496 e. The molecule has 2 aromatic carbocycles. The number of methoxy groups -OCH3 is 1. The summed E-state index contributed by atoms with van der Waals surface area (Å²) < 4.78 is 65.5. The lowest BCUT2D eigenvalue weighted by molar-refractivity contribution is -0.166. The molecule has 1 aliphatic heterocycles. The lowest BCUT2D eigenvalue weighted by atomic mass is 9.92. The van der Waals surface area contributed by atoms with Crippen LogP contribution in [0.2, 0.25) is 0 Å². The molecule has 0 saturated carbocycles. The maximum atomic E-state index is 14.0. The highest BCUT2D eigenvalue weighted by Crippen LogP contribution is 2.40. The Balaban J connectivity index is 1.59. The zero-order valence-corrected chi connectivity index (χ0v) is 20.8. The standard InChI is InChI=1S/C26H23F3N4O5/c1-4-36-25(34)26(38-16-11-18(27)22(29)19(28)12-16)8-5-9-33-23(31-32-24(26)33)15-6-7-17(20(10-15)35-3)21-13-30-14(2)37-21/h6-7,10-13H,4-5,8-9H2,1-3H3/t26-/m1/s1. The molecule has 0 N–H and O–H groups in total. The highest BCUT2D eigenvalue weighted by atomic mass is 19.2. The number of ether oxygens (including phenoxy) is 3. The number of benzene rings is 2. The predicted octanol–water partition coefficient (Wildman–Crippen LogP) is 4.97. The van der Waals surface area contributed by atoms with Crippen LogP contribution in [0.5, 0.6) is 11.5 Å². The van der Waals surface area contributed by atoms with Gasteiger partial charge in [-0.15, -0.1) is 10.2 Å². The van der Waals surface area contributed by atoms with Gasteiger partial charge in [0.25, 0.3) is 5.60 Å². The molecule has 9 nitrogen and oxygen atoms in total. The monoisotopic (exact) mass is 528 g/mol. The number of esters is 1. The Labute approximate surface area is 215 Å². The number of oxazole rings is 1. The summed E-state index contributed by atoms with van der Waals surface area (Å²) in [7, 11) is 1.52. The Bertz CT molecular complexity index is 1500. The third-order valence-electron chi connectivity index (χ3n) is 6.22. The normalized spacial score (nSPS) is 16.7. The molecule has 0 spiro atoms. The number of carbonyl (C=O) groups is 1. The summed E-state index contributed by atoms with van der Waals surface area (Å²) in [6.45, 7) is 3.81. The Hall–Kier alpha value is -4.35. The van der Waals surface area contributed by atoms with Crippen LogP contribution in [0, 0.1) is 24.4 Å². The Morgan fingerprint density at radius 2 is 1.92 bits per heavy atom. The third kappa shape index (κ3) is 4.25. The number of fused-ring (bicyclic) bond motifs is 1. The maximum Gasteiger partial charge on any atom is 0.358 e. The van der Waals surface area contributed by atoms with Gasteiger partial charge < -0.3 is 23.2 Å². The number of aromatic nitrogens is 4. The molecule has 5 rings (SSSR count). The summed E-state index contributed by atoms with van der Waals surface area (Å²) in [6.07, 6.45) is 2.12. The van der Waals surface area contributed by atoms with Crippen LogP contribution in [0.4, 0.5) is 13.2 Å². The van der Waals surface area contributed by atoms with Crippen molar-refractivity contribution in [1.82, 2.24) is 19.7 Å². The van der Waals surface area contributed by atoms with Crippen molar-refractivity contribution < 1.29 is 36.6 Å². The molecule has 0 saturated heterocycles. The molecule has 2 aromatic heterocycles. The lowest BCUT2D eigenvalue weighted by Crippen LogP contribution is -2.47. The van der Waals surface area contributed by atoms with E-state index in [4.69, 9.17) is 18.6 Å². The average Bonchev–Trinajstić information content (AvgIpc) is 3.54. The minimum atomic E-state index is -1.86. The van der Waals surface area contributed by atoms with E-state index in [2.05, 4.69) is 15.2 Å². The number of halogens is 3. The van der Waals surface area contributed by atoms with E-state index in [9.17, 15) is 18.0 Å². The molecule has 0 radical (unpaired) electrons. The summed E-state index contributed by atoms with van der Waals surface area (Å²) >= 11 is 0.